The van der Waals surface area contributed by atoms with Crippen LogP contribution in [0.25, 0.3) is 11.6 Å². The van der Waals surface area contributed by atoms with Crippen LogP contribution >= 0.6 is 0 Å². The topological polar surface area (TPSA) is 77.0 Å². The Hall–Kier alpha value is -3.15. The van der Waals surface area contributed by atoms with E-state index in [1.165, 1.54) is 21.3 Å². The Labute approximate surface area is 151 Å². The molecule has 2 aromatic rings. The van der Waals surface area contributed by atoms with Crippen LogP contribution in [-0.4, -0.2) is 34.4 Å². The van der Waals surface area contributed by atoms with E-state index < -0.39 is 5.97 Å². The Morgan fingerprint density at radius 1 is 0.808 bits per heavy atom. The van der Waals surface area contributed by atoms with Gasteiger partial charge in [-0.3, -0.25) is 0 Å². The van der Waals surface area contributed by atoms with Crippen molar-refractivity contribution in [3.8, 4) is 23.0 Å². The number of carboxylic acids is 1. The number of methoxy groups -OCH3 is 4. The number of hydrogen-bond acceptors (Lipinski definition) is 6. The van der Waals surface area contributed by atoms with Gasteiger partial charge in [0.2, 0.25) is 0 Å². The van der Waals surface area contributed by atoms with Crippen molar-refractivity contribution in [3.05, 3.63) is 46.5 Å². The summed E-state index contributed by atoms with van der Waals surface area (Å²) in [6, 6.07) is 7.06. The molecule has 0 aliphatic heterocycles. The summed E-state index contributed by atoms with van der Waals surface area (Å²) < 4.78 is 21.4. The van der Waals surface area contributed by atoms with Crippen LogP contribution in [-0.2, 0) is 11.2 Å². The van der Waals surface area contributed by atoms with Crippen LogP contribution in [0.1, 0.15) is 22.3 Å². The fraction of sp³-hybridized carbons (Fsp3) is 0.250. The number of benzene rings is 2. The van der Waals surface area contributed by atoms with Crippen molar-refractivity contribution in [2.75, 3.05) is 28.4 Å². The molecular weight excluding hydrogens is 336 g/mol. The highest BCUT2D eigenvalue weighted by Gasteiger charge is 2.21. The molecule has 26 heavy (non-hydrogen) atoms. The average Bonchev–Trinajstić information content (AvgIpc) is 2.81. The average molecular weight is 355 g/mol. The van der Waals surface area contributed by atoms with Crippen molar-refractivity contribution in [2.24, 2.45) is 0 Å². The Balaban J connectivity index is 2.28. The third-order valence-corrected chi connectivity index (χ3v) is 4.45. The SMILES string of the molecule is COc1cc2c(cc1OC)Cc1cc(OC)c(OC)cc1C(C(=O)[O-])=C2. The summed E-state index contributed by atoms with van der Waals surface area (Å²) in [7, 11) is 6.14. The summed E-state index contributed by atoms with van der Waals surface area (Å²) in [5.74, 6) is 0.841. The quantitative estimate of drug-likeness (QED) is 0.815. The number of carboxylic acid groups (broad SMARTS) is 1. The van der Waals surface area contributed by atoms with Crippen molar-refractivity contribution in [1.29, 1.82) is 0 Å². The van der Waals surface area contributed by atoms with E-state index in [4.69, 9.17) is 18.9 Å². The maximum Gasteiger partial charge on any atom is 0.161 e. The van der Waals surface area contributed by atoms with Gasteiger partial charge in [-0.1, -0.05) is 0 Å². The predicted molar refractivity (Wildman–Crippen MR) is 94.8 cm³/mol. The first-order chi connectivity index (χ1) is 12.5. The van der Waals surface area contributed by atoms with Crippen LogP contribution in [0, 0.1) is 0 Å². The first-order valence-electron chi connectivity index (χ1n) is 7.95. The molecule has 6 heteroatoms. The van der Waals surface area contributed by atoms with Crippen molar-refractivity contribution < 1.29 is 28.8 Å². The van der Waals surface area contributed by atoms with E-state index in [2.05, 4.69) is 0 Å². The lowest BCUT2D eigenvalue weighted by Crippen LogP contribution is -2.23. The molecule has 0 unspecified atom stereocenters. The highest BCUT2D eigenvalue weighted by molar-refractivity contribution is 6.20. The highest BCUT2D eigenvalue weighted by atomic mass is 16.5. The van der Waals surface area contributed by atoms with Gasteiger partial charge in [0.1, 0.15) is 0 Å². The fourth-order valence-corrected chi connectivity index (χ4v) is 3.15. The molecule has 0 aromatic heterocycles. The molecule has 0 saturated carbocycles. The number of aliphatic carboxylic acids is 1. The predicted octanol–water partition coefficient (Wildman–Crippen LogP) is 1.92. The van der Waals surface area contributed by atoms with Gasteiger partial charge in [-0.05, 0) is 59.0 Å². The smallest absolute Gasteiger partial charge is 0.161 e. The summed E-state index contributed by atoms with van der Waals surface area (Å²) in [6.07, 6.45) is 2.09. The third-order valence-electron chi connectivity index (χ3n) is 4.45. The molecule has 0 fully saturated rings. The largest absolute Gasteiger partial charge is 0.545 e. The van der Waals surface area contributed by atoms with E-state index in [0.717, 1.165) is 16.7 Å². The first kappa shape index (κ1) is 17.7. The molecule has 0 atom stereocenters. The summed E-state index contributed by atoms with van der Waals surface area (Å²) in [5, 5.41) is 11.8. The number of fused-ring (bicyclic) bond motifs is 2. The molecule has 0 radical (unpaired) electrons. The van der Waals surface area contributed by atoms with Crippen molar-refractivity contribution in [3.63, 3.8) is 0 Å². The van der Waals surface area contributed by atoms with Crippen molar-refractivity contribution in [2.45, 2.75) is 6.42 Å². The van der Waals surface area contributed by atoms with Gasteiger partial charge in [0.25, 0.3) is 0 Å². The van der Waals surface area contributed by atoms with Crippen LogP contribution in [0.15, 0.2) is 24.3 Å². The Bertz CT molecular complexity index is 898. The van der Waals surface area contributed by atoms with E-state index in [9.17, 15) is 9.90 Å². The Morgan fingerprint density at radius 3 is 1.85 bits per heavy atom. The number of ether oxygens (including phenoxy) is 4. The molecule has 1 aliphatic rings. The Kier molecular flexibility index (Phi) is 4.75. The zero-order valence-electron chi connectivity index (χ0n) is 15.0. The lowest BCUT2D eigenvalue weighted by atomic mass is 9.96. The molecule has 136 valence electrons. The van der Waals surface area contributed by atoms with Gasteiger partial charge in [-0.15, -0.1) is 0 Å². The van der Waals surface area contributed by atoms with E-state index in [0.29, 0.717) is 35.0 Å². The van der Waals surface area contributed by atoms with Crippen LogP contribution < -0.4 is 24.1 Å². The molecule has 0 saturated heterocycles. The van der Waals surface area contributed by atoms with Crippen LogP contribution in [0.5, 0.6) is 23.0 Å². The maximum atomic E-state index is 11.8. The highest BCUT2D eigenvalue weighted by Crippen LogP contribution is 2.40. The van der Waals surface area contributed by atoms with E-state index in [-0.39, 0.29) is 5.57 Å². The summed E-state index contributed by atoms with van der Waals surface area (Å²) >= 11 is 0. The van der Waals surface area contributed by atoms with Crippen LogP contribution in [0.3, 0.4) is 0 Å². The van der Waals surface area contributed by atoms with Gasteiger partial charge in [-0.25, -0.2) is 0 Å². The van der Waals surface area contributed by atoms with Crippen molar-refractivity contribution in [1.82, 2.24) is 0 Å². The molecule has 2 aromatic carbocycles. The van der Waals surface area contributed by atoms with Gasteiger partial charge in [0.05, 0.1) is 34.4 Å². The van der Waals surface area contributed by atoms with Gasteiger partial charge in [-0.2, -0.15) is 0 Å². The van der Waals surface area contributed by atoms with Crippen molar-refractivity contribution >= 4 is 17.6 Å². The number of rotatable bonds is 5. The Morgan fingerprint density at radius 2 is 1.31 bits per heavy atom. The minimum Gasteiger partial charge on any atom is -0.545 e. The summed E-state index contributed by atoms with van der Waals surface area (Å²) in [5.41, 5.74) is 3.05. The minimum absolute atomic E-state index is 0.0759. The van der Waals surface area contributed by atoms with Gasteiger partial charge in [0.15, 0.2) is 23.0 Å². The van der Waals surface area contributed by atoms with Gasteiger partial charge in [0, 0.05) is 5.57 Å². The molecule has 0 spiro atoms. The third kappa shape index (κ3) is 2.94. The zero-order valence-corrected chi connectivity index (χ0v) is 15.0. The van der Waals surface area contributed by atoms with Crippen LogP contribution in [0.2, 0.25) is 0 Å². The lowest BCUT2D eigenvalue weighted by Gasteiger charge is -2.16. The maximum absolute atomic E-state index is 11.8. The molecular formula is C20H19O6-. The summed E-state index contributed by atoms with van der Waals surface area (Å²) in [6.45, 7) is 0. The van der Waals surface area contributed by atoms with E-state index >= 15 is 0 Å². The molecule has 0 bridgehead atoms. The molecule has 1 aliphatic carbocycles. The zero-order chi connectivity index (χ0) is 18.8. The fourth-order valence-electron chi connectivity index (χ4n) is 3.15. The number of carbonyl (C=O) groups is 1. The van der Waals surface area contributed by atoms with Gasteiger partial charge >= 0.3 is 0 Å². The molecule has 6 nitrogen and oxygen atoms in total. The standard InChI is InChI=1S/C20H20O6/c1-23-16-7-11-5-13-9-18(25-3)19(26-4)10-14(13)15(20(21)22)6-12(11)8-17(16)24-2/h6-10H,5H2,1-4H3,(H,21,22)/p-1. The first-order valence-corrected chi connectivity index (χ1v) is 7.95. The minimum atomic E-state index is -1.26. The van der Waals surface area contributed by atoms with E-state index in [1.54, 1.807) is 31.4 Å². The second-order valence-corrected chi connectivity index (χ2v) is 5.79. The molecule has 0 heterocycles. The number of carbonyl (C=O) groups excluding carboxylic acids is 1. The van der Waals surface area contributed by atoms with Crippen LogP contribution in [0.4, 0.5) is 0 Å². The molecule has 3 rings (SSSR count). The second-order valence-electron chi connectivity index (χ2n) is 5.79. The normalized spacial score (nSPS) is 12.2. The molecule has 0 N–H and O–H groups in total. The van der Waals surface area contributed by atoms with Gasteiger partial charge < -0.3 is 28.8 Å². The van der Waals surface area contributed by atoms with E-state index in [1.807, 2.05) is 6.07 Å². The monoisotopic (exact) mass is 355 g/mol. The second kappa shape index (κ2) is 7.00. The number of hydrogen-bond donors (Lipinski definition) is 0. The lowest BCUT2D eigenvalue weighted by molar-refractivity contribution is -0.295. The summed E-state index contributed by atoms with van der Waals surface area (Å²) in [4.78, 5) is 11.8. The molecule has 0 amide bonds.